The van der Waals surface area contributed by atoms with Gasteiger partial charge in [0.15, 0.2) is 4.33 Å². The second-order valence-corrected chi connectivity index (χ2v) is 3.24. The van der Waals surface area contributed by atoms with Crippen LogP contribution in [-0.4, -0.2) is 17.3 Å². The van der Waals surface area contributed by atoms with Gasteiger partial charge in [0.2, 0.25) is 6.36 Å². The summed E-state index contributed by atoms with van der Waals surface area (Å²) in [5.74, 6) is 0. The van der Waals surface area contributed by atoms with Gasteiger partial charge in [0, 0.05) is 6.42 Å². The number of ether oxygens (including phenoxy) is 1. The Kier molecular flexibility index (Phi) is 1.66. The Balaban J connectivity index is 2.54. The van der Waals surface area contributed by atoms with Crippen molar-refractivity contribution in [3.63, 3.8) is 0 Å². The summed E-state index contributed by atoms with van der Waals surface area (Å²) in [5, 5.41) is 0. The van der Waals surface area contributed by atoms with Gasteiger partial charge in [-0.05, 0) is 0 Å². The number of rotatable bonds is 0. The molecule has 0 bridgehead atoms. The Bertz CT molecular complexity index is 96.0. The molecule has 0 aliphatic carbocycles. The molecule has 1 aliphatic heterocycles. The highest BCUT2D eigenvalue weighted by Crippen LogP contribution is 2.37. The predicted octanol–water partition coefficient (Wildman–Crippen LogP) is 1.88. The zero-order chi connectivity index (χ0) is 6.20. The molecule has 48 valence electrons. The molecule has 0 N–H and O–H groups in total. The Labute approximate surface area is 56.7 Å². The first-order chi connectivity index (χ1) is 3.63. The fourth-order valence-electron chi connectivity index (χ4n) is 0.534. The summed E-state index contributed by atoms with van der Waals surface area (Å²) in [6.07, 6.45) is -1.14. The van der Waals surface area contributed by atoms with Gasteiger partial charge in [-0.2, -0.15) is 0 Å². The summed E-state index contributed by atoms with van der Waals surface area (Å²) in [5.41, 5.74) is 0. The second kappa shape index (κ2) is 2.01. The number of halogens is 3. The first-order valence-electron chi connectivity index (χ1n) is 2.26. The van der Waals surface area contributed by atoms with E-state index in [0.717, 1.165) is 0 Å². The zero-order valence-electron chi connectivity index (χ0n) is 4.03. The highest BCUT2D eigenvalue weighted by atomic mass is 35.5. The van der Waals surface area contributed by atoms with Gasteiger partial charge >= 0.3 is 0 Å². The average molecular weight is 159 g/mol. The van der Waals surface area contributed by atoms with Crippen LogP contribution in [0.4, 0.5) is 4.39 Å². The van der Waals surface area contributed by atoms with Gasteiger partial charge in [0.25, 0.3) is 0 Å². The van der Waals surface area contributed by atoms with Crippen LogP contribution in [0.3, 0.4) is 0 Å². The van der Waals surface area contributed by atoms with Crippen molar-refractivity contribution in [3.05, 3.63) is 0 Å². The molecular weight excluding hydrogens is 154 g/mol. The maximum Gasteiger partial charge on any atom is 0.232 e. The normalized spacial score (nSPS) is 35.6. The molecule has 0 aromatic heterocycles. The fourth-order valence-corrected chi connectivity index (χ4v) is 0.814. The second-order valence-electron chi connectivity index (χ2n) is 1.70. The minimum atomic E-state index is -1.51. The molecule has 0 amide bonds. The standard InChI is InChI=1S/C4H5Cl2FO/c5-4(6)1-2-8-3(4)7/h3H,1-2H2. The van der Waals surface area contributed by atoms with Gasteiger partial charge in [-0.1, -0.05) is 23.2 Å². The molecule has 8 heavy (non-hydrogen) atoms. The van der Waals surface area contributed by atoms with E-state index in [0.29, 0.717) is 13.0 Å². The van der Waals surface area contributed by atoms with E-state index in [1.54, 1.807) is 0 Å². The van der Waals surface area contributed by atoms with E-state index in [9.17, 15) is 4.39 Å². The van der Waals surface area contributed by atoms with Crippen molar-refractivity contribution in [2.45, 2.75) is 17.1 Å². The lowest BCUT2D eigenvalue weighted by molar-refractivity contribution is 0.00555. The maximum absolute atomic E-state index is 12.2. The van der Waals surface area contributed by atoms with Crippen molar-refractivity contribution < 1.29 is 9.13 Å². The number of hydrogen-bond donors (Lipinski definition) is 0. The van der Waals surface area contributed by atoms with Crippen molar-refractivity contribution in [3.8, 4) is 0 Å². The van der Waals surface area contributed by atoms with E-state index in [4.69, 9.17) is 23.2 Å². The lowest BCUT2D eigenvalue weighted by atomic mass is 10.3. The zero-order valence-corrected chi connectivity index (χ0v) is 5.55. The van der Waals surface area contributed by atoms with Crippen LogP contribution in [0.2, 0.25) is 0 Å². The fraction of sp³-hybridized carbons (Fsp3) is 1.00. The molecule has 1 atom stereocenters. The largest absolute Gasteiger partial charge is 0.346 e. The van der Waals surface area contributed by atoms with Gasteiger partial charge in [0.05, 0.1) is 6.61 Å². The lowest BCUT2D eigenvalue weighted by Gasteiger charge is -2.10. The topological polar surface area (TPSA) is 9.23 Å². The molecule has 0 aromatic carbocycles. The molecule has 0 radical (unpaired) electrons. The Hall–Kier alpha value is 0.470. The highest BCUT2D eigenvalue weighted by Gasteiger charge is 2.41. The molecule has 0 spiro atoms. The van der Waals surface area contributed by atoms with Crippen molar-refractivity contribution in [1.29, 1.82) is 0 Å². The molecule has 1 fully saturated rings. The maximum atomic E-state index is 12.2. The van der Waals surface area contributed by atoms with Gasteiger partial charge in [-0.15, -0.1) is 0 Å². The van der Waals surface area contributed by atoms with Crippen LogP contribution < -0.4 is 0 Å². The third-order valence-electron chi connectivity index (χ3n) is 1.03. The van der Waals surface area contributed by atoms with E-state index in [1.165, 1.54) is 0 Å². The van der Waals surface area contributed by atoms with E-state index in [1.807, 2.05) is 0 Å². The summed E-state index contributed by atoms with van der Waals surface area (Å²) in [7, 11) is 0. The third kappa shape index (κ3) is 1.07. The summed E-state index contributed by atoms with van der Waals surface area (Å²) in [4.78, 5) is 0. The van der Waals surface area contributed by atoms with Gasteiger partial charge in [-0.25, -0.2) is 4.39 Å². The summed E-state index contributed by atoms with van der Waals surface area (Å²) in [6, 6.07) is 0. The van der Waals surface area contributed by atoms with Crippen LogP contribution >= 0.6 is 23.2 Å². The van der Waals surface area contributed by atoms with Crippen LogP contribution in [0.1, 0.15) is 6.42 Å². The highest BCUT2D eigenvalue weighted by molar-refractivity contribution is 6.48. The number of alkyl halides is 3. The van der Waals surface area contributed by atoms with Crippen LogP contribution in [-0.2, 0) is 4.74 Å². The van der Waals surface area contributed by atoms with E-state index >= 15 is 0 Å². The molecule has 1 rings (SSSR count). The smallest absolute Gasteiger partial charge is 0.232 e. The van der Waals surface area contributed by atoms with Crippen molar-refractivity contribution in [2.24, 2.45) is 0 Å². The molecule has 4 heteroatoms. The van der Waals surface area contributed by atoms with Gasteiger partial charge in [0.1, 0.15) is 0 Å². The molecular formula is C4H5Cl2FO. The minimum absolute atomic E-state index is 0.314. The van der Waals surface area contributed by atoms with E-state index in [-0.39, 0.29) is 0 Å². The third-order valence-corrected chi connectivity index (χ3v) is 1.75. The molecule has 1 nitrogen and oxygen atoms in total. The first-order valence-corrected chi connectivity index (χ1v) is 3.02. The Morgan fingerprint density at radius 3 is 2.38 bits per heavy atom. The average Bonchev–Trinajstić information content (AvgIpc) is 1.86. The predicted molar refractivity (Wildman–Crippen MR) is 29.9 cm³/mol. The molecule has 1 aliphatic rings. The Morgan fingerprint density at radius 2 is 2.25 bits per heavy atom. The van der Waals surface area contributed by atoms with Crippen LogP contribution in [0.15, 0.2) is 0 Å². The van der Waals surface area contributed by atoms with E-state index < -0.39 is 10.7 Å². The first kappa shape index (κ1) is 6.59. The van der Waals surface area contributed by atoms with Crippen molar-refractivity contribution in [1.82, 2.24) is 0 Å². The van der Waals surface area contributed by atoms with Gasteiger partial charge in [-0.3, -0.25) is 0 Å². The van der Waals surface area contributed by atoms with Crippen molar-refractivity contribution in [2.75, 3.05) is 6.61 Å². The quantitative estimate of drug-likeness (QED) is 0.490. The lowest BCUT2D eigenvalue weighted by Crippen LogP contribution is -2.20. The summed E-state index contributed by atoms with van der Waals surface area (Å²) in [6.45, 7) is 0.314. The summed E-state index contributed by atoms with van der Waals surface area (Å²) < 4.78 is 15.4. The SMILES string of the molecule is FC1OCCC1(Cl)Cl. The monoisotopic (exact) mass is 158 g/mol. The summed E-state index contributed by atoms with van der Waals surface area (Å²) >= 11 is 10.8. The molecule has 1 heterocycles. The van der Waals surface area contributed by atoms with Gasteiger partial charge < -0.3 is 4.74 Å². The molecule has 1 unspecified atom stereocenters. The minimum Gasteiger partial charge on any atom is -0.346 e. The van der Waals surface area contributed by atoms with Crippen LogP contribution in [0.5, 0.6) is 0 Å². The van der Waals surface area contributed by atoms with Crippen LogP contribution in [0.25, 0.3) is 0 Å². The van der Waals surface area contributed by atoms with Crippen molar-refractivity contribution >= 4 is 23.2 Å². The molecule has 1 saturated heterocycles. The van der Waals surface area contributed by atoms with Crippen LogP contribution in [0, 0.1) is 0 Å². The molecule has 0 aromatic rings. The van der Waals surface area contributed by atoms with E-state index in [2.05, 4.69) is 4.74 Å². The Morgan fingerprint density at radius 1 is 1.62 bits per heavy atom. The number of hydrogen-bond acceptors (Lipinski definition) is 1. The molecule has 0 saturated carbocycles.